The van der Waals surface area contributed by atoms with Gasteiger partial charge in [-0.15, -0.1) is 0 Å². The number of benzene rings is 1. The van der Waals surface area contributed by atoms with E-state index in [1.165, 1.54) is 22.0 Å². The smallest absolute Gasteiger partial charge is 0.280 e. The minimum absolute atomic E-state index is 0.173. The van der Waals surface area contributed by atoms with Crippen molar-refractivity contribution in [3.05, 3.63) is 76.7 Å². The maximum atomic E-state index is 12.7. The van der Waals surface area contributed by atoms with Crippen LogP contribution in [0.4, 0.5) is 0 Å². The Morgan fingerprint density at radius 1 is 1.17 bits per heavy atom. The summed E-state index contributed by atoms with van der Waals surface area (Å²) in [6.45, 7) is 0.201. The number of imidazole rings is 1. The monoisotopic (exact) mass is 386 g/mol. The molecule has 0 radical (unpaired) electrons. The quantitative estimate of drug-likeness (QED) is 0.535. The molecule has 144 valence electrons. The SMILES string of the molecule is Cn1cnc2ncn(Cc3nc(C4C5C=C(c6ccccc6)CC54)no3)c(=O)c21. The number of rotatable bonds is 4. The summed E-state index contributed by atoms with van der Waals surface area (Å²) in [6, 6.07) is 10.5. The van der Waals surface area contributed by atoms with Crippen LogP contribution >= 0.6 is 0 Å². The Bertz CT molecular complexity index is 1320. The van der Waals surface area contributed by atoms with Gasteiger partial charge < -0.3 is 9.09 Å². The Labute approximate surface area is 165 Å². The van der Waals surface area contributed by atoms with E-state index in [1.807, 2.05) is 6.07 Å². The van der Waals surface area contributed by atoms with E-state index in [1.54, 1.807) is 17.9 Å². The molecule has 3 heterocycles. The number of allylic oxidation sites excluding steroid dienone is 2. The fraction of sp³-hybridized carbons (Fsp3) is 0.286. The van der Waals surface area contributed by atoms with Gasteiger partial charge in [0.05, 0.1) is 6.33 Å². The first-order chi connectivity index (χ1) is 14.2. The zero-order valence-corrected chi connectivity index (χ0v) is 15.8. The molecule has 8 nitrogen and oxygen atoms in total. The molecule has 3 atom stereocenters. The molecule has 1 fully saturated rings. The molecule has 0 spiro atoms. The van der Waals surface area contributed by atoms with E-state index in [0.717, 1.165) is 12.2 Å². The minimum Gasteiger partial charge on any atom is -0.337 e. The fourth-order valence-electron chi connectivity index (χ4n) is 4.47. The molecule has 6 rings (SSSR count). The van der Waals surface area contributed by atoms with Crippen LogP contribution in [-0.4, -0.2) is 29.2 Å². The van der Waals surface area contributed by atoms with Crippen molar-refractivity contribution < 1.29 is 4.52 Å². The van der Waals surface area contributed by atoms with E-state index >= 15 is 0 Å². The standard InChI is InChI=1S/C21H18N6O2/c1-26-10-22-20-18(26)21(28)27(11-23-20)9-16-24-19(25-29-16)17-14-7-13(8-15(14)17)12-5-3-2-4-6-12/h2-7,10-11,14-15,17H,8-9H2,1H3. The van der Waals surface area contributed by atoms with Crippen molar-refractivity contribution in [2.75, 3.05) is 0 Å². The van der Waals surface area contributed by atoms with Crippen LogP contribution < -0.4 is 5.56 Å². The summed E-state index contributed by atoms with van der Waals surface area (Å²) in [7, 11) is 1.77. The third-order valence-electron chi connectivity index (χ3n) is 6.01. The summed E-state index contributed by atoms with van der Waals surface area (Å²) in [4.78, 5) is 25.6. The molecule has 29 heavy (non-hydrogen) atoms. The van der Waals surface area contributed by atoms with Gasteiger partial charge >= 0.3 is 0 Å². The Hall–Kier alpha value is -3.55. The number of aryl methyl sites for hydroxylation is 1. The second-order valence-electron chi connectivity index (χ2n) is 7.78. The second-order valence-corrected chi connectivity index (χ2v) is 7.78. The van der Waals surface area contributed by atoms with Gasteiger partial charge in [0.1, 0.15) is 12.9 Å². The van der Waals surface area contributed by atoms with Crippen LogP contribution in [0.1, 0.15) is 29.6 Å². The van der Waals surface area contributed by atoms with Gasteiger partial charge in [-0.1, -0.05) is 41.6 Å². The number of fused-ring (bicyclic) bond motifs is 2. The average Bonchev–Trinajstić information content (AvgIpc) is 3.16. The zero-order chi connectivity index (χ0) is 19.5. The van der Waals surface area contributed by atoms with Crippen LogP contribution in [0.5, 0.6) is 0 Å². The summed E-state index contributed by atoms with van der Waals surface area (Å²) in [5, 5.41) is 4.19. The van der Waals surface area contributed by atoms with Gasteiger partial charge in [-0.25, -0.2) is 9.97 Å². The highest BCUT2D eigenvalue weighted by atomic mass is 16.5. The number of nitrogens with zero attached hydrogens (tertiary/aromatic N) is 6. The van der Waals surface area contributed by atoms with Crippen LogP contribution in [0, 0.1) is 11.8 Å². The molecule has 4 aromatic rings. The highest BCUT2D eigenvalue weighted by Gasteiger charge is 2.55. The summed E-state index contributed by atoms with van der Waals surface area (Å²) in [5.41, 5.74) is 3.43. The molecule has 1 saturated carbocycles. The maximum absolute atomic E-state index is 12.7. The Morgan fingerprint density at radius 2 is 2.00 bits per heavy atom. The van der Waals surface area contributed by atoms with Gasteiger partial charge in [0.25, 0.3) is 5.56 Å². The van der Waals surface area contributed by atoms with Crippen LogP contribution in [0.3, 0.4) is 0 Å². The third-order valence-corrected chi connectivity index (χ3v) is 6.01. The average molecular weight is 386 g/mol. The Balaban J connectivity index is 1.22. The summed E-state index contributed by atoms with van der Waals surface area (Å²) < 4.78 is 8.58. The first-order valence-electron chi connectivity index (χ1n) is 9.64. The number of hydrogen-bond acceptors (Lipinski definition) is 6. The summed E-state index contributed by atoms with van der Waals surface area (Å²) in [5.74, 6) is 2.50. The molecule has 0 saturated heterocycles. The Kier molecular flexibility index (Phi) is 3.38. The molecule has 0 amide bonds. The molecule has 8 heteroatoms. The highest BCUT2D eigenvalue weighted by molar-refractivity contribution is 5.70. The molecular weight excluding hydrogens is 368 g/mol. The van der Waals surface area contributed by atoms with E-state index in [-0.39, 0.29) is 12.1 Å². The molecule has 3 unspecified atom stereocenters. The highest BCUT2D eigenvalue weighted by Crippen LogP contribution is 2.62. The normalized spacial score (nSPS) is 22.7. The van der Waals surface area contributed by atoms with Gasteiger partial charge in [-0.3, -0.25) is 9.36 Å². The molecular formula is C21H18N6O2. The van der Waals surface area contributed by atoms with E-state index < -0.39 is 0 Å². The van der Waals surface area contributed by atoms with Crippen LogP contribution in [0.15, 0.2) is 58.4 Å². The number of hydrogen-bond donors (Lipinski definition) is 0. The van der Waals surface area contributed by atoms with Crippen LogP contribution in [0.25, 0.3) is 16.7 Å². The van der Waals surface area contributed by atoms with Gasteiger partial charge in [0.2, 0.25) is 5.89 Å². The van der Waals surface area contributed by atoms with E-state index in [9.17, 15) is 4.79 Å². The predicted molar refractivity (Wildman–Crippen MR) is 105 cm³/mol. The van der Waals surface area contributed by atoms with Crippen molar-refractivity contribution in [3.63, 3.8) is 0 Å². The first-order valence-corrected chi connectivity index (χ1v) is 9.64. The molecule has 2 aliphatic rings. The lowest BCUT2D eigenvalue weighted by Crippen LogP contribution is -2.22. The van der Waals surface area contributed by atoms with Gasteiger partial charge in [-0.05, 0) is 29.4 Å². The molecule has 0 bridgehead atoms. The van der Waals surface area contributed by atoms with Crippen molar-refractivity contribution in [3.8, 4) is 0 Å². The largest absolute Gasteiger partial charge is 0.337 e. The maximum Gasteiger partial charge on any atom is 0.280 e. The predicted octanol–water partition coefficient (Wildman–Crippen LogP) is 2.38. The lowest BCUT2D eigenvalue weighted by atomic mass is 10.0. The lowest BCUT2D eigenvalue weighted by Gasteiger charge is -2.04. The molecule has 0 N–H and O–H groups in total. The van der Waals surface area contributed by atoms with Crippen molar-refractivity contribution in [2.24, 2.45) is 18.9 Å². The summed E-state index contributed by atoms with van der Waals surface area (Å²) >= 11 is 0. The fourth-order valence-corrected chi connectivity index (χ4v) is 4.47. The topological polar surface area (TPSA) is 91.6 Å². The van der Waals surface area contributed by atoms with E-state index in [2.05, 4.69) is 50.5 Å². The third kappa shape index (κ3) is 2.55. The van der Waals surface area contributed by atoms with Crippen LogP contribution in [0.2, 0.25) is 0 Å². The molecule has 2 aliphatic carbocycles. The second kappa shape index (κ2) is 5.97. The van der Waals surface area contributed by atoms with Crippen LogP contribution in [-0.2, 0) is 13.6 Å². The van der Waals surface area contributed by atoms with Gasteiger partial charge in [0, 0.05) is 13.0 Å². The van der Waals surface area contributed by atoms with E-state index in [0.29, 0.717) is 34.8 Å². The van der Waals surface area contributed by atoms with Crippen molar-refractivity contribution in [1.29, 1.82) is 0 Å². The lowest BCUT2D eigenvalue weighted by molar-refractivity contribution is 0.364. The molecule has 3 aromatic heterocycles. The van der Waals surface area contributed by atoms with Crippen molar-refractivity contribution in [2.45, 2.75) is 18.9 Å². The van der Waals surface area contributed by atoms with Gasteiger partial charge in [0.15, 0.2) is 17.0 Å². The number of aromatic nitrogens is 6. The van der Waals surface area contributed by atoms with Crippen molar-refractivity contribution >= 4 is 16.7 Å². The minimum atomic E-state index is -0.173. The Morgan fingerprint density at radius 3 is 2.79 bits per heavy atom. The van der Waals surface area contributed by atoms with Crippen molar-refractivity contribution in [1.82, 2.24) is 29.2 Å². The zero-order valence-electron chi connectivity index (χ0n) is 15.8. The van der Waals surface area contributed by atoms with E-state index in [4.69, 9.17) is 4.52 Å². The summed E-state index contributed by atoms with van der Waals surface area (Å²) in [6.07, 6.45) is 6.45. The molecule has 1 aromatic carbocycles. The van der Waals surface area contributed by atoms with Gasteiger partial charge in [-0.2, -0.15) is 4.98 Å². The molecule has 0 aliphatic heterocycles. The first kappa shape index (κ1) is 16.4.